The molecule has 0 atom stereocenters. The molecule has 3 heterocycles. The first-order valence-corrected chi connectivity index (χ1v) is 12.9. The number of hydrogen-bond acceptors (Lipinski definition) is 7. The zero-order chi connectivity index (χ0) is 19.7. The molecule has 8 heteroatoms. The number of aromatic nitrogens is 2. The molecule has 4 rings (SSSR count). The highest BCUT2D eigenvalue weighted by Crippen LogP contribution is 2.42. The van der Waals surface area contributed by atoms with E-state index < -0.39 is 0 Å². The Balaban J connectivity index is 1.56. The van der Waals surface area contributed by atoms with Crippen molar-refractivity contribution in [3.63, 3.8) is 0 Å². The Hall–Kier alpha value is -0.830. The van der Waals surface area contributed by atoms with Crippen LogP contribution in [0.1, 0.15) is 56.4 Å². The van der Waals surface area contributed by atoms with Crippen molar-refractivity contribution in [2.45, 2.75) is 80.8 Å². The molecular weight excluding hydrogens is 410 g/mol. The van der Waals surface area contributed by atoms with Crippen LogP contribution in [0.25, 0.3) is 10.2 Å². The van der Waals surface area contributed by atoms with Gasteiger partial charge in [0.25, 0.3) is 0 Å². The fourth-order valence-electron chi connectivity index (χ4n) is 3.94. The molecule has 28 heavy (non-hydrogen) atoms. The van der Waals surface area contributed by atoms with Crippen molar-refractivity contribution in [3.8, 4) is 0 Å². The van der Waals surface area contributed by atoms with Crippen LogP contribution in [0.5, 0.6) is 0 Å². The average molecular weight is 438 g/mol. The van der Waals surface area contributed by atoms with Gasteiger partial charge in [0, 0.05) is 22.7 Å². The molecular formula is C20H27N3O2S3. The van der Waals surface area contributed by atoms with E-state index in [0.29, 0.717) is 18.4 Å². The fraction of sp³-hybridized carbons (Fsp3) is 0.650. The van der Waals surface area contributed by atoms with Gasteiger partial charge < -0.3 is 10.1 Å². The number of nitrogens with zero attached hydrogens (tertiary/aromatic N) is 2. The van der Waals surface area contributed by atoms with Crippen molar-refractivity contribution in [1.82, 2.24) is 15.3 Å². The summed E-state index contributed by atoms with van der Waals surface area (Å²) in [4.78, 5) is 24.3. The van der Waals surface area contributed by atoms with E-state index >= 15 is 0 Å². The van der Waals surface area contributed by atoms with Crippen LogP contribution in [-0.4, -0.2) is 39.5 Å². The van der Waals surface area contributed by atoms with Crippen LogP contribution in [0.15, 0.2) is 10.2 Å². The molecule has 152 valence electrons. The molecule has 0 unspecified atom stereocenters. The molecule has 1 saturated carbocycles. The molecule has 0 bridgehead atoms. The smallest absolute Gasteiger partial charge is 0.230 e. The van der Waals surface area contributed by atoms with Gasteiger partial charge in [0.2, 0.25) is 5.91 Å². The summed E-state index contributed by atoms with van der Waals surface area (Å²) >= 11 is 4.79. The van der Waals surface area contributed by atoms with Gasteiger partial charge in [-0.05, 0) is 38.5 Å². The maximum absolute atomic E-state index is 12.5. The first-order valence-electron chi connectivity index (χ1n) is 9.87. The summed E-state index contributed by atoms with van der Waals surface area (Å²) in [5.74, 6) is 0.517. The normalized spacial score (nSPS) is 19.5. The lowest BCUT2D eigenvalue weighted by atomic mass is 9.95. The van der Waals surface area contributed by atoms with Crippen LogP contribution in [0, 0.1) is 0 Å². The third-order valence-corrected chi connectivity index (χ3v) is 7.99. The van der Waals surface area contributed by atoms with Crippen molar-refractivity contribution < 1.29 is 9.53 Å². The standard InChI is InChI=1S/C20H27N3O2S3/c1-20(2)9-13-14(10-25-20)28-18-16(13)17(22-19(23-18)26-3)27-11-15(24)21-12-7-5-4-6-8-12/h12H,4-11H2,1-3H3,(H,21,24). The second-order valence-electron chi connectivity index (χ2n) is 8.12. The second-order valence-corrected chi connectivity index (χ2v) is 10.9. The van der Waals surface area contributed by atoms with E-state index in [-0.39, 0.29) is 11.5 Å². The lowest BCUT2D eigenvalue weighted by Gasteiger charge is -2.30. The van der Waals surface area contributed by atoms with Crippen LogP contribution in [0.2, 0.25) is 0 Å². The van der Waals surface area contributed by atoms with Gasteiger partial charge in [-0.15, -0.1) is 11.3 Å². The average Bonchev–Trinajstić information content (AvgIpc) is 3.03. The summed E-state index contributed by atoms with van der Waals surface area (Å²) in [5.41, 5.74) is 1.12. The molecule has 1 N–H and O–H groups in total. The predicted octanol–water partition coefficient (Wildman–Crippen LogP) is 4.81. The molecule has 2 aromatic rings. The van der Waals surface area contributed by atoms with Gasteiger partial charge in [0.15, 0.2) is 5.16 Å². The molecule has 1 aliphatic carbocycles. The highest BCUT2D eigenvalue weighted by Gasteiger charge is 2.31. The van der Waals surface area contributed by atoms with Gasteiger partial charge in [0.05, 0.1) is 18.0 Å². The van der Waals surface area contributed by atoms with E-state index in [4.69, 9.17) is 14.7 Å². The minimum Gasteiger partial charge on any atom is -0.370 e. The first kappa shape index (κ1) is 20.4. The van der Waals surface area contributed by atoms with Gasteiger partial charge in [-0.1, -0.05) is 42.8 Å². The van der Waals surface area contributed by atoms with Gasteiger partial charge in [-0.3, -0.25) is 4.79 Å². The number of fused-ring (bicyclic) bond motifs is 3. The van der Waals surface area contributed by atoms with Gasteiger partial charge in [-0.25, -0.2) is 9.97 Å². The molecule has 0 spiro atoms. The van der Waals surface area contributed by atoms with Crippen LogP contribution in [0.3, 0.4) is 0 Å². The molecule has 0 aromatic carbocycles. The van der Waals surface area contributed by atoms with E-state index in [0.717, 1.165) is 39.7 Å². The van der Waals surface area contributed by atoms with Crippen LogP contribution >= 0.6 is 34.9 Å². The summed E-state index contributed by atoms with van der Waals surface area (Å²) in [6.07, 6.45) is 8.80. The van der Waals surface area contributed by atoms with Crippen LogP contribution in [-0.2, 0) is 22.6 Å². The minimum atomic E-state index is -0.181. The molecule has 1 amide bonds. The highest BCUT2D eigenvalue weighted by molar-refractivity contribution is 8.00. The largest absolute Gasteiger partial charge is 0.370 e. The predicted molar refractivity (Wildman–Crippen MR) is 118 cm³/mol. The lowest BCUT2D eigenvalue weighted by molar-refractivity contribution is -0.119. The first-order chi connectivity index (χ1) is 13.4. The van der Waals surface area contributed by atoms with Gasteiger partial charge in [0.1, 0.15) is 9.86 Å². The monoisotopic (exact) mass is 437 g/mol. The zero-order valence-corrected chi connectivity index (χ0v) is 19.1. The molecule has 2 aromatic heterocycles. The molecule has 5 nitrogen and oxygen atoms in total. The summed E-state index contributed by atoms with van der Waals surface area (Å²) in [6.45, 7) is 4.88. The Labute approximate surface area is 178 Å². The number of thiophene rings is 1. The summed E-state index contributed by atoms with van der Waals surface area (Å²) in [5, 5.41) is 6.04. The number of carbonyl (C=O) groups excluding carboxylic acids is 1. The third kappa shape index (κ3) is 4.50. The van der Waals surface area contributed by atoms with Crippen molar-refractivity contribution in [2.24, 2.45) is 0 Å². The zero-order valence-electron chi connectivity index (χ0n) is 16.7. The number of rotatable bonds is 5. The Kier molecular flexibility index (Phi) is 6.20. The number of ether oxygens (including phenoxy) is 1. The summed E-state index contributed by atoms with van der Waals surface area (Å²) in [6, 6.07) is 0.348. The number of nitrogens with one attached hydrogen (secondary N) is 1. The highest BCUT2D eigenvalue weighted by atomic mass is 32.2. The summed E-state index contributed by atoms with van der Waals surface area (Å²) < 4.78 is 5.99. The number of thioether (sulfide) groups is 2. The molecule has 1 aliphatic heterocycles. The van der Waals surface area contributed by atoms with Crippen molar-refractivity contribution >= 4 is 51.0 Å². The van der Waals surface area contributed by atoms with Crippen LogP contribution in [0.4, 0.5) is 0 Å². The topological polar surface area (TPSA) is 64.1 Å². The quantitative estimate of drug-likeness (QED) is 0.412. The van der Waals surface area contributed by atoms with E-state index in [9.17, 15) is 4.79 Å². The third-order valence-electron chi connectivity index (χ3n) is 5.37. The van der Waals surface area contributed by atoms with E-state index in [1.54, 1.807) is 34.9 Å². The van der Waals surface area contributed by atoms with E-state index in [1.165, 1.54) is 29.7 Å². The Morgan fingerprint density at radius 1 is 1.29 bits per heavy atom. The van der Waals surface area contributed by atoms with Crippen molar-refractivity contribution in [3.05, 3.63) is 10.4 Å². The van der Waals surface area contributed by atoms with E-state index in [1.807, 2.05) is 6.26 Å². The minimum absolute atomic E-state index is 0.113. The van der Waals surface area contributed by atoms with E-state index in [2.05, 4.69) is 19.2 Å². The molecule has 0 saturated heterocycles. The maximum Gasteiger partial charge on any atom is 0.230 e. The molecule has 0 radical (unpaired) electrons. The Bertz CT molecular complexity index is 875. The fourth-order valence-corrected chi connectivity index (χ4v) is 6.45. The number of hydrogen-bond donors (Lipinski definition) is 1. The maximum atomic E-state index is 12.5. The SMILES string of the molecule is CSc1nc(SCC(=O)NC2CCCCC2)c2c3c(sc2n1)COC(C)(C)C3. The Morgan fingerprint density at radius 2 is 2.07 bits per heavy atom. The molecule has 1 fully saturated rings. The van der Waals surface area contributed by atoms with Gasteiger partial charge >= 0.3 is 0 Å². The van der Waals surface area contributed by atoms with Crippen molar-refractivity contribution in [1.29, 1.82) is 0 Å². The van der Waals surface area contributed by atoms with Crippen LogP contribution < -0.4 is 5.32 Å². The van der Waals surface area contributed by atoms with Gasteiger partial charge in [-0.2, -0.15) is 0 Å². The Morgan fingerprint density at radius 3 is 2.82 bits per heavy atom. The molecule has 2 aliphatic rings. The van der Waals surface area contributed by atoms with Crippen molar-refractivity contribution in [2.75, 3.05) is 12.0 Å². The second kappa shape index (κ2) is 8.50. The number of amides is 1. The lowest BCUT2D eigenvalue weighted by Crippen LogP contribution is -2.37. The number of carbonyl (C=O) groups is 1. The summed E-state index contributed by atoms with van der Waals surface area (Å²) in [7, 11) is 0.